The molecule has 1 atom stereocenters. The topological polar surface area (TPSA) is 35.8 Å². The Balaban J connectivity index is 3.08. The van der Waals surface area contributed by atoms with Crippen molar-refractivity contribution in [3.63, 3.8) is 0 Å². The van der Waals surface area contributed by atoms with Crippen molar-refractivity contribution in [2.75, 3.05) is 0 Å². The normalized spacial score (nSPS) is 12.1. The lowest BCUT2D eigenvalue weighted by Crippen LogP contribution is -2.19. The summed E-state index contributed by atoms with van der Waals surface area (Å²) in [6, 6.07) is 0.356. The highest BCUT2D eigenvalue weighted by molar-refractivity contribution is 4.71. The third kappa shape index (κ3) is 5.16. The monoisotopic (exact) mass is 126 g/mol. The molecule has 0 fully saturated rings. The molecule has 9 heavy (non-hydrogen) atoms. The smallest absolute Gasteiger partial charge is 0.176 e. The van der Waals surface area contributed by atoms with E-state index in [2.05, 4.69) is 12.2 Å². The standard InChI is InChI=1S/C7H14N2/c1-3-4-5-7(2)9-6-8/h7,9H,3-5H2,1-2H3. The lowest BCUT2D eigenvalue weighted by atomic mass is 10.1. The summed E-state index contributed by atoms with van der Waals surface area (Å²) in [5, 5.41) is 10.9. The van der Waals surface area contributed by atoms with E-state index < -0.39 is 0 Å². The Kier molecular flexibility index (Phi) is 5.00. The third-order valence-electron chi connectivity index (χ3n) is 1.30. The number of nitrogens with zero attached hydrogens (tertiary/aromatic N) is 1. The van der Waals surface area contributed by atoms with Crippen LogP contribution in [0.2, 0.25) is 0 Å². The summed E-state index contributed by atoms with van der Waals surface area (Å²) in [4.78, 5) is 0. The first-order chi connectivity index (χ1) is 4.31. The van der Waals surface area contributed by atoms with E-state index >= 15 is 0 Å². The number of unbranched alkanes of at least 4 members (excludes halogenated alkanes) is 1. The van der Waals surface area contributed by atoms with Crippen molar-refractivity contribution < 1.29 is 0 Å². The molecule has 0 amide bonds. The van der Waals surface area contributed by atoms with Gasteiger partial charge in [-0.2, -0.15) is 5.26 Å². The van der Waals surface area contributed by atoms with Crippen molar-refractivity contribution in [2.24, 2.45) is 0 Å². The molecule has 0 aromatic rings. The van der Waals surface area contributed by atoms with E-state index in [1.807, 2.05) is 13.1 Å². The Hall–Kier alpha value is -0.710. The van der Waals surface area contributed by atoms with Gasteiger partial charge in [0, 0.05) is 6.04 Å². The van der Waals surface area contributed by atoms with Gasteiger partial charge >= 0.3 is 0 Å². The van der Waals surface area contributed by atoms with Crippen molar-refractivity contribution in [3.8, 4) is 6.19 Å². The second-order valence-corrected chi connectivity index (χ2v) is 2.30. The van der Waals surface area contributed by atoms with Crippen LogP contribution in [0.25, 0.3) is 0 Å². The van der Waals surface area contributed by atoms with Crippen molar-refractivity contribution in [2.45, 2.75) is 39.2 Å². The molecule has 0 spiro atoms. The molecule has 0 saturated heterocycles. The molecular formula is C7H14N2. The van der Waals surface area contributed by atoms with E-state index in [4.69, 9.17) is 5.26 Å². The summed E-state index contributed by atoms with van der Waals surface area (Å²) in [5.41, 5.74) is 0. The fourth-order valence-electron chi connectivity index (χ4n) is 0.693. The molecule has 0 saturated carbocycles. The second kappa shape index (κ2) is 5.43. The zero-order chi connectivity index (χ0) is 7.11. The zero-order valence-corrected chi connectivity index (χ0v) is 6.15. The molecule has 2 nitrogen and oxygen atoms in total. The van der Waals surface area contributed by atoms with E-state index in [0.29, 0.717) is 6.04 Å². The number of hydrogen-bond acceptors (Lipinski definition) is 2. The number of nitrogens with one attached hydrogen (secondary N) is 1. The zero-order valence-electron chi connectivity index (χ0n) is 6.15. The molecule has 0 aliphatic carbocycles. The van der Waals surface area contributed by atoms with E-state index in [0.717, 1.165) is 6.42 Å². The summed E-state index contributed by atoms with van der Waals surface area (Å²) in [6.45, 7) is 4.18. The SMILES string of the molecule is CCCCC(C)NC#N. The van der Waals surface area contributed by atoms with Gasteiger partial charge in [0.2, 0.25) is 0 Å². The molecule has 0 bridgehead atoms. The predicted octanol–water partition coefficient (Wildman–Crippen LogP) is 1.64. The molecule has 0 aliphatic heterocycles. The lowest BCUT2D eigenvalue weighted by Gasteiger charge is -2.05. The van der Waals surface area contributed by atoms with Crippen LogP contribution >= 0.6 is 0 Å². The quantitative estimate of drug-likeness (QED) is 0.459. The molecule has 0 aromatic carbocycles. The number of nitriles is 1. The molecule has 0 aromatic heterocycles. The van der Waals surface area contributed by atoms with Crippen LogP contribution in [-0.2, 0) is 0 Å². The number of rotatable bonds is 4. The average molecular weight is 126 g/mol. The van der Waals surface area contributed by atoms with Crippen molar-refractivity contribution in [3.05, 3.63) is 0 Å². The van der Waals surface area contributed by atoms with E-state index in [1.54, 1.807) is 0 Å². The summed E-state index contributed by atoms with van der Waals surface area (Å²) < 4.78 is 0. The molecule has 0 heterocycles. The Labute approximate surface area is 56.9 Å². The van der Waals surface area contributed by atoms with Crippen LogP contribution in [-0.4, -0.2) is 6.04 Å². The number of hydrogen-bond donors (Lipinski definition) is 1. The third-order valence-corrected chi connectivity index (χ3v) is 1.30. The maximum Gasteiger partial charge on any atom is 0.176 e. The Morgan fingerprint density at radius 2 is 2.33 bits per heavy atom. The van der Waals surface area contributed by atoms with Crippen LogP contribution in [0.5, 0.6) is 0 Å². The average Bonchev–Trinajstić information content (AvgIpc) is 1.85. The van der Waals surface area contributed by atoms with Gasteiger partial charge in [0.1, 0.15) is 0 Å². The highest BCUT2D eigenvalue weighted by Gasteiger charge is 1.95. The van der Waals surface area contributed by atoms with Crippen molar-refractivity contribution >= 4 is 0 Å². The van der Waals surface area contributed by atoms with Crippen LogP contribution in [0.3, 0.4) is 0 Å². The van der Waals surface area contributed by atoms with Gasteiger partial charge in [0.05, 0.1) is 0 Å². The highest BCUT2D eigenvalue weighted by Crippen LogP contribution is 1.97. The van der Waals surface area contributed by atoms with Crippen LogP contribution in [0.4, 0.5) is 0 Å². The van der Waals surface area contributed by atoms with Crippen LogP contribution in [0.15, 0.2) is 0 Å². The van der Waals surface area contributed by atoms with E-state index in [-0.39, 0.29) is 0 Å². The molecule has 0 radical (unpaired) electrons. The molecule has 1 unspecified atom stereocenters. The maximum atomic E-state index is 8.17. The minimum atomic E-state index is 0.356. The molecule has 0 aliphatic rings. The van der Waals surface area contributed by atoms with Crippen molar-refractivity contribution in [1.29, 1.82) is 5.26 Å². The van der Waals surface area contributed by atoms with E-state index in [9.17, 15) is 0 Å². The second-order valence-electron chi connectivity index (χ2n) is 2.30. The Morgan fingerprint density at radius 1 is 1.67 bits per heavy atom. The van der Waals surface area contributed by atoms with Gasteiger partial charge in [-0.1, -0.05) is 19.8 Å². The van der Waals surface area contributed by atoms with Gasteiger partial charge < -0.3 is 5.32 Å². The molecule has 2 heteroatoms. The maximum absolute atomic E-state index is 8.17. The summed E-state index contributed by atoms with van der Waals surface area (Å²) in [6.07, 6.45) is 5.44. The van der Waals surface area contributed by atoms with Gasteiger partial charge in [0.15, 0.2) is 6.19 Å². The van der Waals surface area contributed by atoms with Crippen LogP contribution < -0.4 is 5.32 Å². The molecular weight excluding hydrogens is 112 g/mol. The fraction of sp³-hybridized carbons (Fsp3) is 0.857. The predicted molar refractivity (Wildman–Crippen MR) is 37.7 cm³/mol. The van der Waals surface area contributed by atoms with Gasteiger partial charge in [-0.15, -0.1) is 0 Å². The lowest BCUT2D eigenvalue weighted by molar-refractivity contribution is 0.561. The molecule has 0 rings (SSSR count). The largest absolute Gasteiger partial charge is 0.321 e. The minimum Gasteiger partial charge on any atom is -0.321 e. The van der Waals surface area contributed by atoms with Gasteiger partial charge in [0.25, 0.3) is 0 Å². The van der Waals surface area contributed by atoms with Crippen molar-refractivity contribution in [1.82, 2.24) is 5.32 Å². The first-order valence-corrected chi connectivity index (χ1v) is 3.45. The summed E-state index contributed by atoms with van der Waals surface area (Å²) in [5.74, 6) is 0. The van der Waals surface area contributed by atoms with Gasteiger partial charge in [-0.3, -0.25) is 0 Å². The van der Waals surface area contributed by atoms with Gasteiger partial charge in [-0.05, 0) is 13.3 Å². The van der Waals surface area contributed by atoms with Crippen LogP contribution in [0, 0.1) is 11.5 Å². The molecule has 52 valence electrons. The Morgan fingerprint density at radius 3 is 2.78 bits per heavy atom. The minimum absolute atomic E-state index is 0.356. The highest BCUT2D eigenvalue weighted by atomic mass is 14.9. The van der Waals surface area contributed by atoms with E-state index in [1.165, 1.54) is 12.8 Å². The van der Waals surface area contributed by atoms with Crippen LogP contribution in [0.1, 0.15) is 33.1 Å². The summed E-state index contributed by atoms with van der Waals surface area (Å²) >= 11 is 0. The first-order valence-electron chi connectivity index (χ1n) is 3.45. The summed E-state index contributed by atoms with van der Waals surface area (Å²) in [7, 11) is 0. The Bertz CT molecular complexity index is 93.6. The first kappa shape index (κ1) is 8.29. The fourth-order valence-corrected chi connectivity index (χ4v) is 0.693. The van der Waals surface area contributed by atoms with Gasteiger partial charge in [-0.25, -0.2) is 0 Å². The molecule has 1 N–H and O–H groups in total.